The molecule has 2 unspecified atom stereocenters. The van der Waals surface area contributed by atoms with Gasteiger partial charge >= 0.3 is 0 Å². The third-order valence-electron chi connectivity index (χ3n) is 3.38. The Bertz CT molecular complexity index is 654. The number of sulfonamides is 1. The first-order valence-corrected chi connectivity index (χ1v) is 8.00. The van der Waals surface area contributed by atoms with Crippen LogP contribution in [0.4, 0.5) is 0 Å². The second kappa shape index (κ2) is 6.07. The molecule has 114 valence electrons. The molecule has 1 aromatic heterocycles. The van der Waals surface area contributed by atoms with Crippen molar-refractivity contribution in [3.63, 3.8) is 0 Å². The lowest BCUT2D eigenvalue weighted by Crippen LogP contribution is -2.41. The molecular formula is C13H18N4O3S. The molecule has 0 aromatic carbocycles. The van der Waals surface area contributed by atoms with Gasteiger partial charge in [-0.05, 0) is 32.6 Å². The van der Waals surface area contributed by atoms with Gasteiger partial charge < -0.3 is 10.0 Å². The summed E-state index contributed by atoms with van der Waals surface area (Å²) in [6, 6.07) is 4.35. The molecular weight excluding hydrogens is 292 g/mol. The Morgan fingerprint density at radius 1 is 1.57 bits per heavy atom. The molecule has 2 atom stereocenters. The van der Waals surface area contributed by atoms with E-state index in [1.165, 1.54) is 22.6 Å². The lowest BCUT2D eigenvalue weighted by Gasteiger charge is -2.26. The normalized spacial score (nSPS) is 23.4. The van der Waals surface area contributed by atoms with Crippen LogP contribution in [-0.2, 0) is 10.0 Å². The van der Waals surface area contributed by atoms with E-state index in [-0.39, 0.29) is 23.2 Å². The summed E-state index contributed by atoms with van der Waals surface area (Å²) in [6.45, 7) is 0.555. The fraction of sp³-hybridized carbons (Fsp3) is 0.538. The minimum absolute atomic E-state index is 0.0423. The van der Waals surface area contributed by atoms with Gasteiger partial charge in [0.15, 0.2) is 5.69 Å². The van der Waals surface area contributed by atoms with Crippen LogP contribution in [0.5, 0.6) is 0 Å². The van der Waals surface area contributed by atoms with E-state index in [1.54, 1.807) is 6.07 Å². The van der Waals surface area contributed by atoms with Gasteiger partial charge in [0, 0.05) is 25.3 Å². The number of aliphatic hydroxyl groups is 1. The number of aliphatic hydroxyl groups excluding tert-OH is 1. The second-order valence-corrected chi connectivity index (χ2v) is 7.20. The Morgan fingerprint density at radius 2 is 2.29 bits per heavy atom. The second-order valence-electron chi connectivity index (χ2n) is 5.34. The molecule has 1 aromatic rings. The van der Waals surface area contributed by atoms with Crippen molar-refractivity contribution < 1.29 is 13.5 Å². The first-order chi connectivity index (χ1) is 9.86. The summed E-state index contributed by atoms with van der Waals surface area (Å²) < 4.78 is 26.8. The van der Waals surface area contributed by atoms with E-state index >= 15 is 0 Å². The number of likely N-dealkylation sites (N-methyl/N-ethyl adjacent to an activating group) is 1. The maximum atomic E-state index is 12.8. The zero-order chi connectivity index (χ0) is 15.6. The van der Waals surface area contributed by atoms with E-state index < -0.39 is 16.1 Å². The SMILES string of the molecule is CN(C)CC1CC(O)CN1S(=O)(=O)c1cccnc1C#N. The van der Waals surface area contributed by atoms with Crippen LogP contribution >= 0.6 is 0 Å². The van der Waals surface area contributed by atoms with Crippen LogP contribution in [0.3, 0.4) is 0 Å². The van der Waals surface area contributed by atoms with Crippen LogP contribution < -0.4 is 0 Å². The molecule has 21 heavy (non-hydrogen) atoms. The molecule has 0 bridgehead atoms. The van der Waals surface area contributed by atoms with Gasteiger partial charge in [0.1, 0.15) is 11.0 Å². The van der Waals surface area contributed by atoms with E-state index in [0.717, 1.165) is 0 Å². The summed E-state index contributed by atoms with van der Waals surface area (Å²) in [4.78, 5) is 5.57. The lowest BCUT2D eigenvalue weighted by molar-refractivity contribution is 0.188. The van der Waals surface area contributed by atoms with Crippen molar-refractivity contribution in [3.05, 3.63) is 24.0 Å². The molecule has 0 spiro atoms. The van der Waals surface area contributed by atoms with Crippen LogP contribution in [0.15, 0.2) is 23.2 Å². The van der Waals surface area contributed by atoms with Crippen LogP contribution in [0, 0.1) is 11.3 Å². The Kier molecular flexibility index (Phi) is 4.58. The highest BCUT2D eigenvalue weighted by molar-refractivity contribution is 7.89. The van der Waals surface area contributed by atoms with Crippen LogP contribution in [0.25, 0.3) is 0 Å². The number of hydrogen-bond donors (Lipinski definition) is 1. The molecule has 8 heteroatoms. The van der Waals surface area contributed by atoms with Gasteiger partial charge in [-0.25, -0.2) is 13.4 Å². The fourth-order valence-corrected chi connectivity index (χ4v) is 4.31. The van der Waals surface area contributed by atoms with Gasteiger partial charge in [0.25, 0.3) is 0 Å². The van der Waals surface area contributed by atoms with Crippen LogP contribution in [0.1, 0.15) is 12.1 Å². The molecule has 1 aliphatic rings. The number of aromatic nitrogens is 1. The Labute approximate surface area is 124 Å². The standard InChI is InChI=1S/C13H18N4O3S/c1-16(2)8-10-6-11(18)9-17(10)21(19,20)13-4-3-5-15-12(13)7-14/h3-5,10-11,18H,6,8-9H2,1-2H3. The number of nitriles is 1. The van der Waals surface area contributed by atoms with Gasteiger partial charge in [-0.15, -0.1) is 0 Å². The van der Waals surface area contributed by atoms with Crippen LogP contribution in [-0.4, -0.2) is 67.0 Å². The summed E-state index contributed by atoms with van der Waals surface area (Å²) >= 11 is 0. The highest BCUT2D eigenvalue weighted by Crippen LogP contribution is 2.27. The minimum Gasteiger partial charge on any atom is -0.392 e. The van der Waals surface area contributed by atoms with Crippen LogP contribution in [0.2, 0.25) is 0 Å². The molecule has 1 aliphatic heterocycles. The largest absolute Gasteiger partial charge is 0.392 e. The van der Waals surface area contributed by atoms with E-state index in [9.17, 15) is 13.5 Å². The molecule has 1 saturated heterocycles. The Hall–Kier alpha value is -1.53. The van der Waals surface area contributed by atoms with Gasteiger partial charge in [-0.3, -0.25) is 0 Å². The zero-order valence-corrected chi connectivity index (χ0v) is 12.8. The molecule has 2 rings (SSSR count). The van der Waals surface area contributed by atoms with Gasteiger partial charge in [-0.2, -0.15) is 9.57 Å². The summed E-state index contributed by atoms with van der Waals surface area (Å²) in [5.74, 6) is 0. The number of pyridine rings is 1. The van der Waals surface area contributed by atoms with E-state index in [2.05, 4.69) is 4.98 Å². The average Bonchev–Trinajstić information content (AvgIpc) is 2.79. The molecule has 2 heterocycles. The summed E-state index contributed by atoms with van der Waals surface area (Å²) in [5, 5.41) is 18.8. The lowest BCUT2D eigenvalue weighted by atomic mass is 10.2. The smallest absolute Gasteiger partial charge is 0.246 e. The Balaban J connectivity index is 2.40. The predicted molar refractivity (Wildman–Crippen MR) is 75.8 cm³/mol. The number of nitrogens with zero attached hydrogens (tertiary/aromatic N) is 4. The van der Waals surface area contributed by atoms with E-state index in [1.807, 2.05) is 19.0 Å². The van der Waals surface area contributed by atoms with E-state index in [4.69, 9.17) is 5.26 Å². The third-order valence-corrected chi connectivity index (χ3v) is 5.33. The quantitative estimate of drug-likeness (QED) is 0.815. The highest BCUT2D eigenvalue weighted by Gasteiger charge is 2.40. The number of hydrogen-bond acceptors (Lipinski definition) is 6. The fourth-order valence-electron chi connectivity index (χ4n) is 2.55. The average molecular weight is 310 g/mol. The van der Waals surface area contributed by atoms with Gasteiger partial charge in [0.2, 0.25) is 10.0 Å². The molecule has 0 radical (unpaired) electrons. The monoisotopic (exact) mass is 310 g/mol. The van der Waals surface area contributed by atoms with Crippen molar-refractivity contribution in [3.8, 4) is 6.07 Å². The topological polar surface area (TPSA) is 97.5 Å². The summed E-state index contributed by atoms with van der Waals surface area (Å²) in [7, 11) is -0.152. The zero-order valence-electron chi connectivity index (χ0n) is 12.0. The first kappa shape index (κ1) is 15.9. The Morgan fingerprint density at radius 3 is 2.90 bits per heavy atom. The minimum atomic E-state index is -3.85. The molecule has 1 fully saturated rings. The maximum absolute atomic E-state index is 12.8. The van der Waals surface area contributed by atoms with Crippen molar-refractivity contribution in [2.24, 2.45) is 0 Å². The summed E-state index contributed by atoms with van der Waals surface area (Å²) in [5.41, 5.74) is -0.123. The van der Waals surface area contributed by atoms with Crippen molar-refractivity contribution in [1.29, 1.82) is 5.26 Å². The molecule has 0 amide bonds. The molecule has 1 N–H and O–H groups in total. The van der Waals surface area contributed by atoms with Crippen molar-refractivity contribution in [2.45, 2.75) is 23.5 Å². The predicted octanol–water partition coefficient (Wildman–Crippen LogP) is -0.361. The van der Waals surface area contributed by atoms with Gasteiger partial charge in [0.05, 0.1) is 6.10 Å². The number of rotatable bonds is 4. The van der Waals surface area contributed by atoms with E-state index in [0.29, 0.717) is 13.0 Å². The molecule has 0 saturated carbocycles. The highest BCUT2D eigenvalue weighted by atomic mass is 32.2. The maximum Gasteiger partial charge on any atom is 0.246 e. The third kappa shape index (κ3) is 3.22. The van der Waals surface area contributed by atoms with Crippen molar-refractivity contribution >= 4 is 10.0 Å². The first-order valence-electron chi connectivity index (χ1n) is 6.56. The molecule has 7 nitrogen and oxygen atoms in total. The summed E-state index contributed by atoms with van der Waals surface area (Å²) in [6.07, 6.45) is 1.08. The van der Waals surface area contributed by atoms with Gasteiger partial charge in [-0.1, -0.05) is 0 Å². The molecule has 0 aliphatic carbocycles. The number of β-amino-alcohol motifs (C(OH)–C–C–N with tert-alkyl or cyclic N) is 1. The van der Waals surface area contributed by atoms with Crippen molar-refractivity contribution in [1.82, 2.24) is 14.2 Å². The van der Waals surface area contributed by atoms with Crippen molar-refractivity contribution in [2.75, 3.05) is 27.2 Å².